The van der Waals surface area contributed by atoms with Gasteiger partial charge in [0, 0.05) is 29.8 Å². The molecule has 2 atom stereocenters. The molecular weight excluding hydrogens is 240 g/mol. The molecule has 1 aromatic heterocycles. The highest BCUT2D eigenvalue weighted by molar-refractivity contribution is 5.76. The van der Waals surface area contributed by atoms with Crippen LogP contribution in [0.4, 0.5) is 4.79 Å². The van der Waals surface area contributed by atoms with Gasteiger partial charge in [-0.3, -0.25) is 0 Å². The van der Waals surface area contributed by atoms with Crippen LogP contribution in [-0.2, 0) is 6.42 Å². The van der Waals surface area contributed by atoms with Gasteiger partial charge in [0.2, 0.25) is 0 Å². The number of carbonyl (C=O) groups excluding carboxylic acids is 1. The van der Waals surface area contributed by atoms with Crippen LogP contribution in [0.3, 0.4) is 0 Å². The quantitative estimate of drug-likeness (QED) is 0.776. The SMILES string of the molecule is CC(C)(C)NC(=O)N1C2CCC1c1cncnc1C2. The average molecular weight is 260 g/mol. The third-order valence-corrected chi connectivity index (χ3v) is 3.83. The van der Waals surface area contributed by atoms with Gasteiger partial charge in [0.05, 0.1) is 11.7 Å². The first-order valence-corrected chi connectivity index (χ1v) is 6.85. The van der Waals surface area contributed by atoms with Crippen LogP contribution in [0.5, 0.6) is 0 Å². The van der Waals surface area contributed by atoms with E-state index in [1.165, 1.54) is 0 Å². The van der Waals surface area contributed by atoms with Crippen molar-refractivity contribution in [3.8, 4) is 0 Å². The van der Waals surface area contributed by atoms with Crippen LogP contribution in [0.25, 0.3) is 0 Å². The van der Waals surface area contributed by atoms with Crippen LogP contribution in [0.2, 0.25) is 0 Å². The molecule has 0 aromatic carbocycles. The van der Waals surface area contributed by atoms with E-state index in [2.05, 4.69) is 15.3 Å². The normalized spacial score (nSPS) is 25.1. The van der Waals surface area contributed by atoms with Crippen LogP contribution >= 0.6 is 0 Å². The Bertz CT molecular complexity index is 508. The Balaban J connectivity index is 1.88. The Morgan fingerprint density at radius 2 is 2.21 bits per heavy atom. The maximum atomic E-state index is 12.5. The lowest BCUT2D eigenvalue weighted by atomic mass is 9.99. The Morgan fingerprint density at radius 3 is 2.95 bits per heavy atom. The predicted molar refractivity (Wildman–Crippen MR) is 71.6 cm³/mol. The second-order valence-electron chi connectivity index (χ2n) is 6.46. The van der Waals surface area contributed by atoms with E-state index in [9.17, 15) is 4.79 Å². The first-order chi connectivity index (χ1) is 8.96. The van der Waals surface area contributed by atoms with Crippen molar-refractivity contribution in [1.29, 1.82) is 0 Å². The van der Waals surface area contributed by atoms with Gasteiger partial charge in [0.15, 0.2) is 0 Å². The van der Waals surface area contributed by atoms with E-state index in [0.717, 1.165) is 30.5 Å². The van der Waals surface area contributed by atoms with Gasteiger partial charge in [0.1, 0.15) is 6.33 Å². The first kappa shape index (κ1) is 12.4. The van der Waals surface area contributed by atoms with Crippen molar-refractivity contribution in [1.82, 2.24) is 20.2 Å². The fourth-order valence-electron chi connectivity index (χ4n) is 3.12. The molecule has 2 amide bonds. The fourth-order valence-corrected chi connectivity index (χ4v) is 3.12. The smallest absolute Gasteiger partial charge is 0.318 e. The van der Waals surface area contributed by atoms with Gasteiger partial charge >= 0.3 is 6.03 Å². The molecule has 3 rings (SSSR count). The second-order valence-corrected chi connectivity index (χ2v) is 6.46. The van der Waals surface area contributed by atoms with E-state index in [4.69, 9.17) is 0 Å². The van der Waals surface area contributed by atoms with E-state index >= 15 is 0 Å². The Hall–Kier alpha value is -1.65. The standard InChI is InChI=1S/C14H20N4O/c1-14(2,3)17-13(19)18-9-4-5-12(18)10-7-15-8-16-11(10)6-9/h7-9,12H,4-6H2,1-3H3,(H,17,19). The zero-order chi connectivity index (χ0) is 13.6. The molecule has 2 unspecified atom stereocenters. The lowest BCUT2D eigenvalue weighted by Gasteiger charge is -2.37. The van der Waals surface area contributed by atoms with Gasteiger partial charge in [-0.1, -0.05) is 0 Å². The number of fused-ring (bicyclic) bond motifs is 4. The second kappa shape index (κ2) is 4.18. The lowest BCUT2D eigenvalue weighted by molar-refractivity contribution is 0.157. The summed E-state index contributed by atoms with van der Waals surface area (Å²) in [6.45, 7) is 6.02. The van der Waals surface area contributed by atoms with Crippen molar-refractivity contribution in [3.05, 3.63) is 23.8 Å². The summed E-state index contributed by atoms with van der Waals surface area (Å²) in [5.74, 6) is 0. The highest BCUT2D eigenvalue weighted by Crippen LogP contribution is 2.42. The Kier molecular flexibility index (Phi) is 2.73. The highest BCUT2D eigenvalue weighted by Gasteiger charge is 2.43. The number of urea groups is 1. The minimum Gasteiger partial charge on any atom is -0.333 e. The molecule has 0 spiro atoms. The number of rotatable bonds is 0. The third kappa shape index (κ3) is 2.17. The van der Waals surface area contributed by atoms with Crippen molar-refractivity contribution >= 4 is 6.03 Å². The van der Waals surface area contributed by atoms with Crippen LogP contribution < -0.4 is 5.32 Å². The van der Waals surface area contributed by atoms with Gasteiger partial charge in [-0.15, -0.1) is 0 Å². The summed E-state index contributed by atoms with van der Waals surface area (Å²) >= 11 is 0. The molecule has 102 valence electrons. The Labute approximate surface area is 113 Å². The summed E-state index contributed by atoms with van der Waals surface area (Å²) in [4.78, 5) is 22.9. The summed E-state index contributed by atoms with van der Waals surface area (Å²) in [5, 5.41) is 3.07. The number of nitrogens with one attached hydrogen (secondary N) is 1. The topological polar surface area (TPSA) is 58.1 Å². The molecule has 0 aliphatic carbocycles. The summed E-state index contributed by atoms with van der Waals surface area (Å²) < 4.78 is 0. The molecule has 0 saturated carbocycles. The van der Waals surface area contributed by atoms with Gasteiger partial charge in [0.25, 0.3) is 0 Å². The lowest BCUT2D eigenvalue weighted by Crippen LogP contribution is -2.52. The minimum absolute atomic E-state index is 0.0366. The first-order valence-electron chi connectivity index (χ1n) is 6.85. The zero-order valence-electron chi connectivity index (χ0n) is 11.7. The molecule has 1 aromatic rings. The van der Waals surface area contributed by atoms with Crippen molar-refractivity contribution in [2.24, 2.45) is 0 Å². The molecule has 1 saturated heterocycles. The van der Waals surface area contributed by atoms with Gasteiger partial charge < -0.3 is 10.2 Å². The van der Waals surface area contributed by atoms with E-state index < -0.39 is 0 Å². The Morgan fingerprint density at radius 1 is 1.42 bits per heavy atom. The van der Waals surface area contributed by atoms with E-state index in [-0.39, 0.29) is 23.7 Å². The minimum atomic E-state index is -0.204. The number of nitrogens with zero attached hydrogens (tertiary/aromatic N) is 3. The maximum Gasteiger partial charge on any atom is 0.318 e. The van der Waals surface area contributed by atoms with E-state index in [1.54, 1.807) is 6.33 Å². The summed E-state index contributed by atoms with van der Waals surface area (Å²) in [7, 11) is 0. The maximum absolute atomic E-state index is 12.5. The third-order valence-electron chi connectivity index (χ3n) is 3.83. The molecule has 2 bridgehead atoms. The number of hydrogen-bond acceptors (Lipinski definition) is 3. The van der Waals surface area contributed by atoms with Crippen LogP contribution in [0, 0.1) is 0 Å². The highest BCUT2D eigenvalue weighted by atomic mass is 16.2. The fraction of sp³-hybridized carbons (Fsp3) is 0.643. The van der Waals surface area contributed by atoms with Crippen molar-refractivity contribution < 1.29 is 4.79 Å². The molecule has 2 aliphatic heterocycles. The van der Waals surface area contributed by atoms with Gasteiger partial charge in [-0.2, -0.15) is 0 Å². The van der Waals surface area contributed by atoms with Crippen molar-refractivity contribution in [3.63, 3.8) is 0 Å². The average Bonchev–Trinajstić information content (AvgIpc) is 2.63. The summed E-state index contributed by atoms with van der Waals surface area (Å²) in [6.07, 6.45) is 6.39. The molecule has 0 radical (unpaired) electrons. The summed E-state index contributed by atoms with van der Waals surface area (Å²) in [6, 6.07) is 0.474. The van der Waals surface area contributed by atoms with Gasteiger partial charge in [-0.05, 0) is 33.6 Å². The molecule has 1 N–H and O–H groups in total. The van der Waals surface area contributed by atoms with Crippen LogP contribution in [0.15, 0.2) is 12.5 Å². The van der Waals surface area contributed by atoms with E-state index in [0.29, 0.717) is 0 Å². The largest absolute Gasteiger partial charge is 0.333 e. The van der Waals surface area contributed by atoms with E-state index in [1.807, 2.05) is 31.9 Å². The molecule has 19 heavy (non-hydrogen) atoms. The van der Waals surface area contributed by atoms with Crippen LogP contribution in [-0.4, -0.2) is 32.5 Å². The molecule has 5 nitrogen and oxygen atoms in total. The number of carbonyl (C=O) groups is 1. The number of hydrogen-bond donors (Lipinski definition) is 1. The molecular formula is C14H20N4O. The number of amides is 2. The molecule has 2 aliphatic rings. The predicted octanol–water partition coefficient (Wildman–Crippen LogP) is 2.05. The molecule has 5 heteroatoms. The zero-order valence-corrected chi connectivity index (χ0v) is 11.7. The molecule has 3 heterocycles. The van der Waals surface area contributed by atoms with Crippen molar-refractivity contribution in [2.75, 3.05) is 0 Å². The monoisotopic (exact) mass is 260 g/mol. The van der Waals surface area contributed by atoms with Gasteiger partial charge in [-0.25, -0.2) is 14.8 Å². The van der Waals surface area contributed by atoms with Crippen LogP contribution in [0.1, 0.15) is 50.9 Å². The van der Waals surface area contributed by atoms with Crippen molar-refractivity contribution in [2.45, 2.75) is 57.7 Å². The summed E-state index contributed by atoms with van der Waals surface area (Å²) in [5.41, 5.74) is 2.03. The number of aromatic nitrogens is 2. The molecule has 1 fully saturated rings.